The number of methoxy groups -OCH3 is 1. The number of aliphatic hydroxyl groups is 1. The van der Waals surface area contributed by atoms with Gasteiger partial charge in [-0.15, -0.1) is 0 Å². The van der Waals surface area contributed by atoms with E-state index in [1.54, 1.807) is 45.0 Å². The third-order valence-corrected chi connectivity index (χ3v) is 9.87. The standard InChI is InChI=1S/C31H33N3O10S/c1-31(2,3)44-30(38)33-24-8-6-5-7-21(24)22-13-14-32(45(41,42)20-11-9-19(10-12-20)34(39)40)17-18-15-25(35)26(36)16-23(18)27(28(22)33)29(37)43-4/h5-12,15,23,26-27,36H,13-14,16-17H2,1-4H3/t23-,26?,27+/m0/s1. The van der Waals surface area contributed by atoms with Gasteiger partial charge in [0.2, 0.25) is 10.0 Å². The zero-order valence-electron chi connectivity index (χ0n) is 25.1. The molecule has 0 radical (unpaired) electrons. The van der Waals surface area contributed by atoms with Crippen molar-refractivity contribution in [3.05, 3.63) is 81.6 Å². The van der Waals surface area contributed by atoms with Crippen LogP contribution in [0.4, 0.5) is 10.5 Å². The van der Waals surface area contributed by atoms with Gasteiger partial charge in [-0.05, 0) is 69.0 Å². The maximum atomic E-state index is 14.0. The van der Waals surface area contributed by atoms with Crippen molar-refractivity contribution in [3.8, 4) is 0 Å². The Kier molecular flexibility index (Phi) is 8.42. The fraction of sp³-hybridized carbons (Fsp3) is 0.387. The topological polar surface area (TPSA) is 175 Å². The molecule has 238 valence electrons. The lowest BCUT2D eigenvalue weighted by molar-refractivity contribution is -0.384. The summed E-state index contributed by atoms with van der Waals surface area (Å²) in [6.45, 7) is 4.66. The summed E-state index contributed by atoms with van der Waals surface area (Å²) in [6, 6.07) is 11.4. The summed E-state index contributed by atoms with van der Waals surface area (Å²) in [4.78, 5) is 50.6. The predicted molar refractivity (Wildman–Crippen MR) is 161 cm³/mol. The Hall–Kier alpha value is -4.40. The van der Waals surface area contributed by atoms with E-state index < -0.39 is 56.3 Å². The molecule has 2 aromatic carbocycles. The van der Waals surface area contributed by atoms with Crippen molar-refractivity contribution in [2.75, 3.05) is 20.2 Å². The van der Waals surface area contributed by atoms with Crippen LogP contribution in [0.2, 0.25) is 0 Å². The molecule has 3 atom stereocenters. The van der Waals surface area contributed by atoms with Gasteiger partial charge in [-0.25, -0.2) is 17.8 Å². The number of para-hydroxylation sites is 1. The van der Waals surface area contributed by atoms with Crippen molar-refractivity contribution in [1.29, 1.82) is 0 Å². The van der Waals surface area contributed by atoms with Crippen LogP contribution in [0.1, 0.15) is 44.4 Å². The van der Waals surface area contributed by atoms with Crippen molar-refractivity contribution in [2.24, 2.45) is 5.92 Å². The molecular formula is C31H33N3O10S. The van der Waals surface area contributed by atoms with Crippen molar-refractivity contribution in [1.82, 2.24) is 8.87 Å². The van der Waals surface area contributed by atoms with E-state index in [4.69, 9.17) is 9.47 Å². The van der Waals surface area contributed by atoms with Crippen LogP contribution in [-0.2, 0) is 35.5 Å². The summed E-state index contributed by atoms with van der Waals surface area (Å²) in [5.41, 5.74) is 0.221. The third kappa shape index (κ3) is 6.00. The number of carbonyl (C=O) groups excluding carboxylic acids is 3. The van der Waals surface area contributed by atoms with Crippen molar-refractivity contribution in [2.45, 2.75) is 56.1 Å². The number of fused-ring (bicyclic) bond motifs is 4. The molecule has 3 aromatic rings. The minimum Gasteiger partial charge on any atom is -0.468 e. The Bertz CT molecular complexity index is 1840. The number of aliphatic hydroxyl groups excluding tert-OH is 1. The van der Waals surface area contributed by atoms with E-state index in [0.717, 1.165) is 34.6 Å². The number of esters is 1. The van der Waals surface area contributed by atoms with Gasteiger partial charge in [-0.3, -0.25) is 19.7 Å². The first kappa shape index (κ1) is 32.0. The number of nitro benzene ring substituents is 1. The summed E-state index contributed by atoms with van der Waals surface area (Å²) in [5, 5.41) is 22.4. The Balaban J connectivity index is 1.77. The number of ketones is 1. The number of sulfonamides is 1. The molecule has 0 amide bonds. The van der Waals surface area contributed by atoms with E-state index in [1.807, 2.05) is 0 Å². The summed E-state index contributed by atoms with van der Waals surface area (Å²) >= 11 is 0. The van der Waals surface area contributed by atoms with Crippen LogP contribution in [0.5, 0.6) is 0 Å². The Morgan fingerprint density at radius 1 is 1.09 bits per heavy atom. The molecular weight excluding hydrogens is 606 g/mol. The van der Waals surface area contributed by atoms with E-state index in [-0.39, 0.29) is 47.8 Å². The summed E-state index contributed by atoms with van der Waals surface area (Å²) in [5.74, 6) is -3.55. The quantitative estimate of drug-likeness (QED) is 0.252. The molecule has 13 nitrogen and oxygen atoms in total. The number of non-ortho nitro benzene ring substituents is 1. The zero-order valence-corrected chi connectivity index (χ0v) is 25.9. The van der Waals surface area contributed by atoms with E-state index in [1.165, 1.54) is 11.7 Å². The number of nitrogens with zero attached hydrogens (tertiary/aromatic N) is 3. The van der Waals surface area contributed by atoms with Gasteiger partial charge in [-0.1, -0.05) is 18.2 Å². The number of hydrogen-bond acceptors (Lipinski definition) is 10. The highest BCUT2D eigenvalue weighted by molar-refractivity contribution is 7.89. The second-order valence-corrected chi connectivity index (χ2v) is 14.0. The first-order valence-corrected chi connectivity index (χ1v) is 15.7. The van der Waals surface area contributed by atoms with Gasteiger partial charge in [0, 0.05) is 42.2 Å². The lowest BCUT2D eigenvalue weighted by Gasteiger charge is -2.34. The minimum atomic E-state index is -4.29. The van der Waals surface area contributed by atoms with Crippen molar-refractivity contribution in [3.63, 3.8) is 0 Å². The third-order valence-electron chi connectivity index (χ3n) is 8.01. The number of aromatic nitrogens is 1. The van der Waals surface area contributed by atoms with Crippen molar-refractivity contribution < 1.29 is 42.3 Å². The molecule has 0 saturated carbocycles. The lowest BCUT2D eigenvalue weighted by Crippen LogP contribution is -2.40. The molecule has 0 spiro atoms. The minimum absolute atomic E-state index is 0.0435. The van der Waals surface area contributed by atoms with Crippen LogP contribution >= 0.6 is 0 Å². The maximum Gasteiger partial charge on any atom is 0.419 e. The molecule has 14 heteroatoms. The average molecular weight is 640 g/mol. The van der Waals surface area contributed by atoms with E-state index >= 15 is 0 Å². The summed E-state index contributed by atoms with van der Waals surface area (Å²) < 4.78 is 41.4. The van der Waals surface area contributed by atoms with Gasteiger partial charge in [0.15, 0.2) is 5.78 Å². The predicted octanol–water partition coefficient (Wildman–Crippen LogP) is 3.71. The molecule has 2 heterocycles. The Labute approximate surface area is 259 Å². The second-order valence-electron chi connectivity index (χ2n) is 12.0. The summed E-state index contributed by atoms with van der Waals surface area (Å²) in [6.07, 6.45) is -1.28. The molecule has 0 fully saturated rings. The zero-order chi connectivity index (χ0) is 32.8. The molecule has 1 aromatic heterocycles. The number of rotatable bonds is 4. The van der Waals surface area contributed by atoms with Gasteiger partial charge in [-0.2, -0.15) is 4.31 Å². The number of nitro groups is 1. The first-order chi connectivity index (χ1) is 21.1. The molecule has 0 saturated heterocycles. The molecule has 1 aliphatic heterocycles. The van der Waals surface area contributed by atoms with Crippen LogP contribution in [-0.4, -0.2) is 77.1 Å². The van der Waals surface area contributed by atoms with Crippen LogP contribution in [0.25, 0.3) is 10.9 Å². The molecule has 1 N–H and O–H groups in total. The number of ether oxygens (including phenoxy) is 2. The SMILES string of the molecule is COC(=O)[C@H]1c2c(c3ccccc3n2C(=O)OC(C)(C)C)CCN(S(=O)(=O)c2ccc([N+](=O)[O-])cc2)CC2=CC(=O)C(O)C[C@@H]21. The van der Waals surface area contributed by atoms with Gasteiger partial charge in [0.05, 0.1) is 22.4 Å². The van der Waals surface area contributed by atoms with Crippen LogP contribution < -0.4 is 0 Å². The smallest absolute Gasteiger partial charge is 0.419 e. The fourth-order valence-electron chi connectivity index (χ4n) is 6.03. The monoisotopic (exact) mass is 639 g/mol. The lowest BCUT2D eigenvalue weighted by atomic mass is 9.75. The molecule has 0 bridgehead atoms. The highest BCUT2D eigenvalue weighted by Crippen LogP contribution is 2.44. The van der Waals surface area contributed by atoms with Crippen LogP contribution in [0.3, 0.4) is 0 Å². The highest BCUT2D eigenvalue weighted by atomic mass is 32.2. The maximum absolute atomic E-state index is 14.0. The van der Waals surface area contributed by atoms with Gasteiger partial charge >= 0.3 is 12.1 Å². The fourth-order valence-corrected chi connectivity index (χ4v) is 7.46. The van der Waals surface area contributed by atoms with E-state index in [0.29, 0.717) is 16.5 Å². The summed E-state index contributed by atoms with van der Waals surface area (Å²) in [7, 11) is -3.10. The second kappa shape index (κ2) is 11.8. The van der Waals surface area contributed by atoms with Gasteiger partial charge in [0.1, 0.15) is 17.6 Å². The van der Waals surface area contributed by atoms with Crippen LogP contribution in [0, 0.1) is 16.0 Å². The Morgan fingerprint density at radius 3 is 2.38 bits per heavy atom. The highest BCUT2D eigenvalue weighted by Gasteiger charge is 2.45. The molecule has 5 rings (SSSR count). The first-order valence-electron chi connectivity index (χ1n) is 14.2. The largest absolute Gasteiger partial charge is 0.468 e. The molecule has 1 aliphatic carbocycles. The number of benzene rings is 2. The molecule has 2 aliphatic rings. The van der Waals surface area contributed by atoms with E-state index in [9.17, 15) is 38.0 Å². The van der Waals surface area contributed by atoms with Crippen LogP contribution in [0.15, 0.2) is 65.1 Å². The normalized spacial score (nSPS) is 21.0. The van der Waals surface area contributed by atoms with E-state index in [2.05, 4.69) is 0 Å². The Morgan fingerprint density at radius 2 is 1.76 bits per heavy atom. The number of carbonyl (C=O) groups is 3. The number of hydrogen-bond donors (Lipinski definition) is 1. The molecule has 1 unspecified atom stereocenters. The van der Waals surface area contributed by atoms with Crippen molar-refractivity contribution >= 4 is 44.5 Å². The average Bonchev–Trinajstić information content (AvgIpc) is 3.32. The van der Waals surface area contributed by atoms with Gasteiger partial charge < -0.3 is 14.6 Å². The van der Waals surface area contributed by atoms with Gasteiger partial charge in [0.25, 0.3) is 5.69 Å². The molecule has 45 heavy (non-hydrogen) atoms.